The Morgan fingerprint density at radius 2 is 1.47 bits per heavy atom. The van der Waals surface area contributed by atoms with Crippen LogP contribution in [0.3, 0.4) is 0 Å². The zero-order valence-electron chi connectivity index (χ0n) is 25.5. The topological polar surface area (TPSA) is 173 Å². The molecular weight excluding hydrogens is 594 g/mol. The molecule has 0 aliphatic carbocycles. The van der Waals surface area contributed by atoms with E-state index in [-0.39, 0.29) is 48.7 Å². The Morgan fingerprint density at radius 1 is 0.844 bits per heavy atom. The van der Waals surface area contributed by atoms with Crippen molar-refractivity contribution < 1.29 is 57.4 Å². The van der Waals surface area contributed by atoms with Gasteiger partial charge in [-0.25, -0.2) is 9.59 Å². The molecule has 0 atom stereocenters. The van der Waals surface area contributed by atoms with E-state index in [2.05, 4.69) is 0 Å². The first kappa shape index (κ1) is 34.7. The molecule has 0 spiro atoms. The van der Waals surface area contributed by atoms with E-state index < -0.39 is 23.1 Å². The molecule has 3 aromatic rings. The molecule has 1 aromatic heterocycles. The first-order valence-electron chi connectivity index (χ1n) is 13.8. The van der Waals surface area contributed by atoms with Crippen molar-refractivity contribution in [2.24, 2.45) is 0 Å². The lowest BCUT2D eigenvalue weighted by Gasteiger charge is -2.16. The minimum Gasteiger partial charge on any atom is -0.508 e. The number of likely N-dealkylation sites (N-methyl/N-ethyl adjacent to an activating group) is 1. The number of phenols is 2. The lowest BCUT2D eigenvalue weighted by molar-refractivity contribution is -0.139. The highest BCUT2D eigenvalue weighted by molar-refractivity contribution is 5.94. The summed E-state index contributed by atoms with van der Waals surface area (Å²) in [5, 5.41) is 19.2. The molecule has 0 aliphatic heterocycles. The molecule has 0 saturated carbocycles. The summed E-state index contributed by atoms with van der Waals surface area (Å²) in [6, 6.07) is 5.55. The Morgan fingerprint density at radius 3 is 2.07 bits per heavy atom. The summed E-state index contributed by atoms with van der Waals surface area (Å²) >= 11 is 0. The molecule has 0 saturated heterocycles. The Labute approximate surface area is 259 Å². The van der Waals surface area contributed by atoms with Gasteiger partial charge in [0.25, 0.3) is 0 Å². The van der Waals surface area contributed by atoms with E-state index in [1.165, 1.54) is 27.4 Å². The average Bonchev–Trinajstić information content (AvgIpc) is 3.02. The highest BCUT2D eigenvalue weighted by Crippen LogP contribution is 2.38. The van der Waals surface area contributed by atoms with E-state index in [9.17, 15) is 24.6 Å². The van der Waals surface area contributed by atoms with Crippen LogP contribution in [0.15, 0.2) is 45.8 Å². The predicted molar refractivity (Wildman–Crippen MR) is 161 cm³/mol. The Hall–Kier alpha value is -4.79. The van der Waals surface area contributed by atoms with E-state index in [1.807, 2.05) is 11.9 Å². The molecule has 0 fully saturated rings. The van der Waals surface area contributed by atoms with Crippen molar-refractivity contribution in [3.63, 3.8) is 0 Å². The molecule has 0 amide bonds. The third-order valence-corrected chi connectivity index (χ3v) is 6.33. The Kier molecular flexibility index (Phi) is 13.5. The van der Waals surface area contributed by atoms with Gasteiger partial charge in [-0.2, -0.15) is 0 Å². The number of rotatable bonds is 18. The van der Waals surface area contributed by atoms with E-state index in [0.717, 1.165) is 18.4 Å². The third kappa shape index (κ3) is 10.1. The number of phenolic OH excluding ortho intramolecular Hbond substituents is 2. The fourth-order valence-corrected chi connectivity index (χ4v) is 4.00. The highest BCUT2D eigenvalue weighted by Gasteiger charge is 2.19. The zero-order chi connectivity index (χ0) is 32.8. The van der Waals surface area contributed by atoms with Crippen LogP contribution in [0.4, 0.5) is 0 Å². The SMILES string of the molecule is COc1cc(/C=C/C(=O)OCCOCCN(C)CCOCCOC(=O)c2coc3cc(O)cc(O)c3c2=O)cc(OC)c1OC. The van der Waals surface area contributed by atoms with Gasteiger partial charge in [-0.3, -0.25) is 4.79 Å². The number of benzene rings is 2. The molecule has 0 aliphatic rings. The van der Waals surface area contributed by atoms with Crippen LogP contribution >= 0.6 is 0 Å². The molecule has 244 valence electrons. The number of hydrogen-bond donors (Lipinski definition) is 2. The van der Waals surface area contributed by atoms with Crippen LogP contribution < -0.4 is 19.6 Å². The molecule has 1 heterocycles. The molecule has 0 bridgehead atoms. The van der Waals surface area contributed by atoms with Crippen LogP contribution in [-0.4, -0.2) is 108 Å². The monoisotopic (exact) mass is 631 g/mol. The van der Waals surface area contributed by atoms with Gasteiger partial charge in [-0.1, -0.05) is 0 Å². The fraction of sp³-hybridized carbons (Fsp3) is 0.387. The van der Waals surface area contributed by atoms with Gasteiger partial charge >= 0.3 is 11.9 Å². The summed E-state index contributed by atoms with van der Waals surface area (Å²) in [7, 11) is 6.41. The van der Waals surface area contributed by atoms with Crippen molar-refractivity contribution in [2.75, 3.05) is 81.1 Å². The summed E-state index contributed by atoms with van der Waals surface area (Å²) in [6.45, 7) is 2.30. The Balaban J connectivity index is 1.25. The summed E-state index contributed by atoms with van der Waals surface area (Å²) in [6.07, 6.45) is 3.80. The Bertz CT molecular complexity index is 1510. The number of hydrogen-bond acceptors (Lipinski definition) is 14. The van der Waals surface area contributed by atoms with Gasteiger partial charge in [0.15, 0.2) is 11.5 Å². The predicted octanol–water partition coefficient (Wildman–Crippen LogP) is 2.61. The van der Waals surface area contributed by atoms with Crippen molar-refractivity contribution >= 4 is 29.0 Å². The largest absolute Gasteiger partial charge is 0.508 e. The van der Waals surface area contributed by atoms with Crippen molar-refractivity contribution in [3.05, 3.63) is 58.0 Å². The standard InChI is InChI=1S/C31H37NO13/c1-32(7-9-41-11-13-43-27(35)6-5-20-15-25(38-2)30(40-4)26(16-20)39-3)8-10-42-12-14-44-31(37)22-19-45-24-18-21(33)17-23(34)28(24)29(22)36/h5-6,15-19,33-34H,7-14H2,1-4H3/b6-5+. The highest BCUT2D eigenvalue weighted by atomic mass is 16.6. The number of methoxy groups -OCH3 is 3. The molecule has 0 unspecified atom stereocenters. The van der Waals surface area contributed by atoms with Gasteiger partial charge in [0, 0.05) is 31.3 Å². The van der Waals surface area contributed by atoms with Gasteiger partial charge in [-0.15, -0.1) is 0 Å². The van der Waals surface area contributed by atoms with E-state index in [0.29, 0.717) is 49.1 Å². The molecule has 14 heteroatoms. The van der Waals surface area contributed by atoms with Gasteiger partial charge in [-0.05, 0) is 30.8 Å². The maximum Gasteiger partial charge on any atom is 0.345 e. The first-order valence-corrected chi connectivity index (χ1v) is 13.8. The molecule has 2 aromatic carbocycles. The number of carbonyl (C=O) groups excluding carboxylic acids is 2. The second-order valence-electron chi connectivity index (χ2n) is 9.44. The maximum absolute atomic E-state index is 12.5. The van der Waals surface area contributed by atoms with Crippen LogP contribution in [0, 0.1) is 0 Å². The van der Waals surface area contributed by atoms with Gasteiger partial charge in [0.05, 0.1) is 47.8 Å². The number of fused-ring (bicyclic) bond motifs is 1. The van der Waals surface area contributed by atoms with Crippen LogP contribution in [-0.2, 0) is 23.7 Å². The van der Waals surface area contributed by atoms with Gasteiger partial charge < -0.3 is 52.7 Å². The van der Waals surface area contributed by atoms with E-state index in [1.54, 1.807) is 18.2 Å². The molecule has 0 radical (unpaired) electrons. The lowest BCUT2D eigenvalue weighted by Crippen LogP contribution is -2.28. The molecule has 3 rings (SSSR count). The molecule has 2 N–H and O–H groups in total. The second kappa shape index (κ2) is 17.5. The number of aromatic hydroxyl groups is 2. The van der Waals surface area contributed by atoms with Crippen molar-refractivity contribution in [2.45, 2.75) is 0 Å². The zero-order valence-corrected chi connectivity index (χ0v) is 25.5. The van der Waals surface area contributed by atoms with Crippen LogP contribution in [0.2, 0.25) is 0 Å². The van der Waals surface area contributed by atoms with Gasteiger partial charge in [0.2, 0.25) is 11.2 Å². The normalized spacial score (nSPS) is 11.2. The second-order valence-corrected chi connectivity index (χ2v) is 9.44. The summed E-state index contributed by atoms with van der Waals surface area (Å²) in [4.78, 5) is 38.8. The summed E-state index contributed by atoms with van der Waals surface area (Å²) < 4.78 is 42.3. The quantitative estimate of drug-likeness (QED) is 0.119. The fourth-order valence-electron chi connectivity index (χ4n) is 4.00. The van der Waals surface area contributed by atoms with Crippen molar-refractivity contribution in [1.29, 1.82) is 0 Å². The smallest absolute Gasteiger partial charge is 0.345 e. The van der Waals surface area contributed by atoms with Crippen molar-refractivity contribution in [1.82, 2.24) is 4.90 Å². The van der Waals surface area contributed by atoms with Crippen LogP contribution in [0.5, 0.6) is 28.7 Å². The minimum absolute atomic E-state index is 0.0618. The molecular formula is C31H37NO13. The van der Waals surface area contributed by atoms with E-state index in [4.69, 9.17) is 37.6 Å². The van der Waals surface area contributed by atoms with Crippen LogP contribution in [0.1, 0.15) is 15.9 Å². The third-order valence-electron chi connectivity index (χ3n) is 6.33. The minimum atomic E-state index is -0.920. The van der Waals surface area contributed by atoms with Crippen molar-refractivity contribution in [3.8, 4) is 28.7 Å². The summed E-state index contributed by atoms with van der Waals surface area (Å²) in [5.74, 6) is -0.837. The number of nitrogens with zero attached hydrogens (tertiary/aromatic N) is 1. The number of ether oxygens (including phenoxy) is 7. The number of carbonyl (C=O) groups is 2. The molecule has 14 nitrogen and oxygen atoms in total. The van der Waals surface area contributed by atoms with Gasteiger partial charge in [0.1, 0.15) is 47.5 Å². The van der Waals surface area contributed by atoms with Crippen LogP contribution in [0.25, 0.3) is 17.0 Å². The van der Waals surface area contributed by atoms with E-state index >= 15 is 0 Å². The number of esters is 2. The maximum atomic E-state index is 12.5. The lowest BCUT2D eigenvalue weighted by atomic mass is 10.1. The first-order chi connectivity index (χ1) is 21.7. The summed E-state index contributed by atoms with van der Waals surface area (Å²) in [5.41, 5.74) is -0.546. The molecule has 45 heavy (non-hydrogen) atoms. The average molecular weight is 632 g/mol.